The van der Waals surface area contributed by atoms with Crippen LogP contribution >= 0.6 is 11.3 Å². The van der Waals surface area contributed by atoms with E-state index in [-0.39, 0.29) is 5.91 Å². The number of anilines is 1. The second-order valence-electron chi connectivity index (χ2n) is 7.56. The van der Waals surface area contributed by atoms with Crippen molar-refractivity contribution in [3.05, 3.63) is 28.9 Å². The van der Waals surface area contributed by atoms with Crippen molar-refractivity contribution in [3.8, 4) is 10.6 Å². The summed E-state index contributed by atoms with van der Waals surface area (Å²) in [6, 6.07) is 4.85. The van der Waals surface area contributed by atoms with Crippen molar-refractivity contribution >= 4 is 23.1 Å². The molecule has 4 heterocycles. The van der Waals surface area contributed by atoms with E-state index in [1.54, 1.807) is 4.90 Å². The lowest BCUT2D eigenvalue weighted by atomic mass is 9.91. The molecule has 1 amide bonds. The van der Waals surface area contributed by atoms with Crippen LogP contribution in [0.25, 0.3) is 10.6 Å². The molecule has 0 N–H and O–H groups in total. The van der Waals surface area contributed by atoms with Gasteiger partial charge < -0.3 is 0 Å². The fraction of sp³-hybridized carbons (Fsp3) is 0.550. The molecule has 1 aliphatic carbocycles. The number of nitrogens with zero attached hydrogens (tertiary/aromatic N) is 4. The van der Waals surface area contributed by atoms with E-state index in [1.807, 2.05) is 23.6 Å². The Morgan fingerprint density at radius 3 is 2.62 bits per heavy atom. The molecular weight excluding hydrogens is 344 g/mol. The van der Waals surface area contributed by atoms with Crippen LogP contribution in [0.15, 0.2) is 18.3 Å². The van der Waals surface area contributed by atoms with Gasteiger partial charge in [0, 0.05) is 55.2 Å². The zero-order chi connectivity index (χ0) is 17.5. The first-order chi connectivity index (χ1) is 12.8. The highest BCUT2D eigenvalue weighted by Gasteiger charge is 2.28. The fourth-order valence-electron chi connectivity index (χ4n) is 4.18. The summed E-state index contributed by atoms with van der Waals surface area (Å²) in [5, 5.41) is 1.07. The number of pyridine rings is 1. The minimum atomic E-state index is 0.183. The molecule has 26 heavy (non-hydrogen) atoms. The van der Waals surface area contributed by atoms with Gasteiger partial charge in [-0.25, -0.2) is 9.97 Å². The van der Waals surface area contributed by atoms with Gasteiger partial charge in [0.25, 0.3) is 0 Å². The monoisotopic (exact) mass is 368 g/mol. The van der Waals surface area contributed by atoms with Crippen LogP contribution < -0.4 is 4.90 Å². The number of rotatable bonds is 3. The molecule has 3 aliphatic rings. The van der Waals surface area contributed by atoms with E-state index in [0.29, 0.717) is 6.42 Å². The van der Waals surface area contributed by atoms with Gasteiger partial charge in [-0.2, -0.15) is 0 Å². The molecule has 136 valence electrons. The highest BCUT2D eigenvalue weighted by molar-refractivity contribution is 7.15. The Hall–Kier alpha value is -1.79. The van der Waals surface area contributed by atoms with Crippen LogP contribution in [0.5, 0.6) is 0 Å². The zero-order valence-electron chi connectivity index (χ0n) is 15.0. The van der Waals surface area contributed by atoms with Crippen molar-refractivity contribution in [2.24, 2.45) is 0 Å². The number of amides is 1. The van der Waals surface area contributed by atoms with Crippen molar-refractivity contribution in [1.82, 2.24) is 14.9 Å². The minimum absolute atomic E-state index is 0.183. The molecule has 0 aromatic carbocycles. The number of fused-ring (bicyclic) bond motifs is 1. The average Bonchev–Trinajstić information content (AvgIpc) is 3.17. The summed E-state index contributed by atoms with van der Waals surface area (Å²) in [4.78, 5) is 27.2. The van der Waals surface area contributed by atoms with E-state index in [2.05, 4.69) is 16.0 Å². The van der Waals surface area contributed by atoms with E-state index in [1.165, 1.54) is 36.4 Å². The standard InChI is InChI=1S/C20H24N4OS/c25-19-5-2-10-24(19)18-7-6-14(13-21-18)20-22-16-8-11-23(15-3-1-4-15)12-9-17(16)26-20/h6-7,13,15H,1-5,8-12H2. The Morgan fingerprint density at radius 2 is 1.92 bits per heavy atom. The van der Waals surface area contributed by atoms with Crippen LogP contribution in [0, 0.1) is 0 Å². The van der Waals surface area contributed by atoms with Gasteiger partial charge in [0.1, 0.15) is 10.8 Å². The molecule has 5 rings (SSSR count). The number of carbonyl (C=O) groups excluding carboxylic acids is 1. The second-order valence-corrected chi connectivity index (χ2v) is 8.65. The van der Waals surface area contributed by atoms with Crippen LogP contribution in [0.2, 0.25) is 0 Å². The average molecular weight is 369 g/mol. The lowest BCUT2D eigenvalue weighted by molar-refractivity contribution is -0.117. The van der Waals surface area contributed by atoms with Gasteiger partial charge in [0.05, 0.1) is 5.69 Å². The minimum Gasteiger partial charge on any atom is -0.300 e. The van der Waals surface area contributed by atoms with Crippen molar-refractivity contribution in [1.29, 1.82) is 0 Å². The Kier molecular flexibility index (Phi) is 4.25. The van der Waals surface area contributed by atoms with Crippen LogP contribution in [0.1, 0.15) is 42.7 Å². The third kappa shape index (κ3) is 2.95. The van der Waals surface area contributed by atoms with Gasteiger partial charge in [0.2, 0.25) is 5.91 Å². The van der Waals surface area contributed by atoms with E-state index in [0.717, 1.165) is 54.8 Å². The Labute approximate surface area is 158 Å². The maximum Gasteiger partial charge on any atom is 0.228 e. The van der Waals surface area contributed by atoms with Crippen molar-refractivity contribution in [3.63, 3.8) is 0 Å². The Morgan fingerprint density at radius 1 is 1.04 bits per heavy atom. The smallest absolute Gasteiger partial charge is 0.228 e. The molecule has 0 spiro atoms. The predicted octanol–water partition coefficient (Wildman–Crippen LogP) is 3.29. The first-order valence-electron chi connectivity index (χ1n) is 9.77. The number of carbonyl (C=O) groups is 1. The molecule has 2 aromatic heterocycles. The number of thiazole rings is 1. The van der Waals surface area contributed by atoms with Gasteiger partial charge in [-0.1, -0.05) is 6.42 Å². The number of hydrogen-bond donors (Lipinski definition) is 0. The molecule has 0 bridgehead atoms. The highest BCUT2D eigenvalue weighted by atomic mass is 32.1. The van der Waals surface area contributed by atoms with E-state index in [9.17, 15) is 4.79 Å². The topological polar surface area (TPSA) is 49.3 Å². The van der Waals surface area contributed by atoms with E-state index < -0.39 is 0 Å². The third-order valence-corrected chi connectivity index (χ3v) is 7.18. The van der Waals surface area contributed by atoms with E-state index in [4.69, 9.17) is 4.98 Å². The van der Waals surface area contributed by atoms with Gasteiger partial charge in [0.15, 0.2) is 0 Å². The number of aromatic nitrogens is 2. The SMILES string of the molecule is O=C1CCCN1c1ccc(-c2nc3c(s2)CCN(C2CCC2)CC3)cn1. The lowest BCUT2D eigenvalue weighted by Gasteiger charge is -2.36. The lowest BCUT2D eigenvalue weighted by Crippen LogP contribution is -2.41. The highest BCUT2D eigenvalue weighted by Crippen LogP contribution is 2.33. The molecular formula is C20H24N4OS. The molecule has 0 atom stereocenters. The van der Waals surface area contributed by atoms with Crippen molar-refractivity contribution in [2.45, 2.75) is 51.0 Å². The molecule has 0 radical (unpaired) electrons. The summed E-state index contributed by atoms with van der Waals surface area (Å²) >= 11 is 1.82. The summed E-state index contributed by atoms with van der Waals surface area (Å²) in [7, 11) is 0. The largest absolute Gasteiger partial charge is 0.300 e. The normalized spacial score (nSPS) is 21.5. The summed E-state index contributed by atoms with van der Waals surface area (Å²) < 4.78 is 0. The van der Waals surface area contributed by atoms with Crippen molar-refractivity contribution < 1.29 is 4.79 Å². The molecule has 1 saturated carbocycles. The summed E-state index contributed by atoms with van der Waals surface area (Å²) in [5.41, 5.74) is 2.35. The molecule has 0 unspecified atom stereocenters. The summed E-state index contributed by atoms with van der Waals surface area (Å²) in [6.07, 6.45) is 9.79. The van der Waals surface area contributed by atoms with Gasteiger partial charge in [-0.3, -0.25) is 14.6 Å². The Bertz CT molecular complexity index is 786. The fourth-order valence-corrected chi connectivity index (χ4v) is 5.27. The van der Waals surface area contributed by atoms with Crippen LogP contribution in [0.3, 0.4) is 0 Å². The zero-order valence-corrected chi connectivity index (χ0v) is 15.8. The molecule has 5 nitrogen and oxygen atoms in total. The first-order valence-corrected chi connectivity index (χ1v) is 10.6. The predicted molar refractivity (Wildman–Crippen MR) is 104 cm³/mol. The number of hydrogen-bond acceptors (Lipinski definition) is 5. The second kappa shape index (κ2) is 6.74. The molecule has 2 fully saturated rings. The van der Waals surface area contributed by atoms with Gasteiger partial charge in [-0.15, -0.1) is 11.3 Å². The maximum absolute atomic E-state index is 11.9. The molecule has 1 saturated heterocycles. The third-order valence-electron chi connectivity index (χ3n) is 5.98. The van der Waals surface area contributed by atoms with Crippen LogP contribution in [-0.4, -0.2) is 46.5 Å². The quantitative estimate of drug-likeness (QED) is 0.834. The maximum atomic E-state index is 11.9. The molecule has 2 aromatic rings. The van der Waals surface area contributed by atoms with Gasteiger partial charge >= 0.3 is 0 Å². The first kappa shape index (κ1) is 16.4. The molecule has 2 aliphatic heterocycles. The van der Waals surface area contributed by atoms with Crippen molar-refractivity contribution in [2.75, 3.05) is 24.5 Å². The molecule has 6 heteroatoms. The summed E-state index contributed by atoms with van der Waals surface area (Å²) in [6.45, 7) is 3.11. The Balaban J connectivity index is 1.32. The van der Waals surface area contributed by atoms with Gasteiger partial charge in [-0.05, 0) is 37.8 Å². The van der Waals surface area contributed by atoms with Crippen LogP contribution in [0.4, 0.5) is 5.82 Å². The van der Waals surface area contributed by atoms with E-state index >= 15 is 0 Å². The van der Waals surface area contributed by atoms with Crippen LogP contribution in [-0.2, 0) is 17.6 Å². The summed E-state index contributed by atoms with van der Waals surface area (Å²) in [5.74, 6) is 0.952.